The average Bonchev–Trinajstić information content (AvgIpc) is 2.42. The van der Waals surface area contributed by atoms with Gasteiger partial charge < -0.3 is 15.6 Å². The number of carboxylic acids is 1. The number of nitrogen functional groups attached to an aromatic ring is 1. The van der Waals surface area contributed by atoms with Crippen molar-refractivity contribution < 1.29 is 19.0 Å². The Hall–Kier alpha value is -2.56. The van der Waals surface area contributed by atoms with E-state index in [-0.39, 0.29) is 11.4 Å². The maximum absolute atomic E-state index is 13.6. The molecule has 0 aliphatic heterocycles. The number of para-hydroxylation sites is 1. The molecule has 104 valence electrons. The summed E-state index contributed by atoms with van der Waals surface area (Å²) in [6.45, 7) is 1.97. The van der Waals surface area contributed by atoms with Crippen LogP contribution in [0.15, 0.2) is 36.4 Å². The Kier molecular flexibility index (Phi) is 3.89. The van der Waals surface area contributed by atoms with E-state index in [1.165, 1.54) is 0 Å². The number of carbonyl (C=O) groups is 1. The Labute approximate surface area is 115 Å². The van der Waals surface area contributed by atoms with Gasteiger partial charge >= 0.3 is 5.97 Å². The van der Waals surface area contributed by atoms with E-state index >= 15 is 0 Å². The topological polar surface area (TPSA) is 72.5 Å². The van der Waals surface area contributed by atoms with Gasteiger partial charge in [-0.25, -0.2) is 9.18 Å². The number of aryl methyl sites for hydroxylation is 1. The van der Waals surface area contributed by atoms with Crippen molar-refractivity contribution in [2.24, 2.45) is 0 Å². The second kappa shape index (κ2) is 5.61. The molecule has 0 aliphatic carbocycles. The molecule has 0 heterocycles. The number of nitrogens with two attached hydrogens (primary N) is 1. The van der Waals surface area contributed by atoms with Crippen LogP contribution in [0.4, 0.5) is 10.1 Å². The molecule has 2 aromatic carbocycles. The standard InChI is InChI=1S/C15H14FNO3/c1-2-9-5-3-4-6-13(9)20-14-8-11(16)10(15(18)19)7-12(14)17/h3-8H,2,17H2,1H3,(H,18,19). The van der Waals surface area contributed by atoms with Crippen molar-refractivity contribution in [2.75, 3.05) is 5.73 Å². The number of benzene rings is 2. The fraction of sp³-hybridized carbons (Fsp3) is 0.133. The summed E-state index contributed by atoms with van der Waals surface area (Å²) in [5.41, 5.74) is 6.27. The molecular formula is C15H14FNO3. The molecular weight excluding hydrogens is 261 g/mol. The van der Waals surface area contributed by atoms with Crippen LogP contribution in [-0.2, 0) is 6.42 Å². The minimum atomic E-state index is -1.37. The van der Waals surface area contributed by atoms with Gasteiger partial charge in [-0.2, -0.15) is 0 Å². The highest BCUT2D eigenvalue weighted by Gasteiger charge is 2.15. The first-order chi connectivity index (χ1) is 9.52. The third-order valence-electron chi connectivity index (χ3n) is 2.90. The maximum Gasteiger partial charge on any atom is 0.338 e. The van der Waals surface area contributed by atoms with Gasteiger partial charge in [0.15, 0.2) is 5.75 Å². The molecule has 20 heavy (non-hydrogen) atoms. The molecule has 0 aliphatic rings. The normalized spacial score (nSPS) is 10.3. The Morgan fingerprint density at radius 1 is 1.30 bits per heavy atom. The van der Waals surface area contributed by atoms with E-state index in [4.69, 9.17) is 15.6 Å². The van der Waals surface area contributed by atoms with Crippen molar-refractivity contribution >= 4 is 11.7 Å². The van der Waals surface area contributed by atoms with Crippen LogP contribution in [0, 0.1) is 5.82 Å². The van der Waals surface area contributed by atoms with Crippen LogP contribution in [0.5, 0.6) is 11.5 Å². The Morgan fingerprint density at radius 2 is 2.00 bits per heavy atom. The molecule has 0 fully saturated rings. The monoisotopic (exact) mass is 275 g/mol. The van der Waals surface area contributed by atoms with Crippen molar-refractivity contribution in [1.82, 2.24) is 0 Å². The number of anilines is 1. The molecule has 0 saturated heterocycles. The molecule has 0 amide bonds. The fourth-order valence-corrected chi connectivity index (χ4v) is 1.84. The Morgan fingerprint density at radius 3 is 2.65 bits per heavy atom. The average molecular weight is 275 g/mol. The number of halogens is 1. The molecule has 0 atom stereocenters. The van der Waals surface area contributed by atoms with Gasteiger partial charge in [0.05, 0.1) is 11.3 Å². The molecule has 0 saturated carbocycles. The lowest BCUT2D eigenvalue weighted by atomic mass is 10.1. The lowest BCUT2D eigenvalue weighted by Crippen LogP contribution is -2.04. The number of hydrogen-bond donors (Lipinski definition) is 2. The zero-order valence-electron chi connectivity index (χ0n) is 10.9. The van der Waals surface area contributed by atoms with Gasteiger partial charge in [0.25, 0.3) is 0 Å². The molecule has 3 N–H and O–H groups in total. The number of hydrogen-bond acceptors (Lipinski definition) is 3. The van der Waals surface area contributed by atoms with Crippen molar-refractivity contribution in [1.29, 1.82) is 0 Å². The molecule has 2 aromatic rings. The first kappa shape index (κ1) is 13.9. The van der Waals surface area contributed by atoms with Crippen molar-refractivity contribution in [3.05, 3.63) is 53.3 Å². The number of aromatic carboxylic acids is 1. The minimum absolute atomic E-state index is 0.0784. The van der Waals surface area contributed by atoms with Gasteiger partial charge in [-0.1, -0.05) is 25.1 Å². The van der Waals surface area contributed by atoms with Crippen molar-refractivity contribution in [3.8, 4) is 11.5 Å². The quantitative estimate of drug-likeness (QED) is 0.838. The van der Waals surface area contributed by atoms with Gasteiger partial charge in [0.1, 0.15) is 11.6 Å². The SMILES string of the molecule is CCc1ccccc1Oc1cc(F)c(C(=O)O)cc1N. The third-order valence-corrected chi connectivity index (χ3v) is 2.90. The van der Waals surface area contributed by atoms with Crippen LogP contribution in [-0.4, -0.2) is 11.1 Å². The molecule has 0 unspecified atom stereocenters. The second-order valence-electron chi connectivity index (χ2n) is 4.24. The van der Waals surface area contributed by atoms with Crippen LogP contribution in [0.1, 0.15) is 22.8 Å². The number of ether oxygens (including phenoxy) is 1. The zero-order valence-corrected chi connectivity index (χ0v) is 10.9. The van der Waals surface area contributed by atoms with Crippen molar-refractivity contribution in [2.45, 2.75) is 13.3 Å². The smallest absolute Gasteiger partial charge is 0.338 e. The summed E-state index contributed by atoms with van der Waals surface area (Å²) >= 11 is 0. The summed E-state index contributed by atoms with van der Waals surface area (Å²) in [6, 6.07) is 9.37. The van der Waals surface area contributed by atoms with Gasteiger partial charge in [-0.15, -0.1) is 0 Å². The Bertz CT molecular complexity index is 656. The van der Waals surface area contributed by atoms with Crippen LogP contribution in [0.25, 0.3) is 0 Å². The predicted molar refractivity (Wildman–Crippen MR) is 73.7 cm³/mol. The van der Waals surface area contributed by atoms with Crippen LogP contribution in [0.2, 0.25) is 0 Å². The Balaban J connectivity index is 2.39. The van der Waals surface area contributed by atoms with E-state index in [0.717, 1.165) is 24.1 Å². The molecule has 4 nitrogen and oxygen atoms in total. The maximum atomic E-state index is 13.6. The summed E-state index contributed by atoms with van der Waals surface area (Å²) in [5.74, 6) is -1.57. The van der Waals surface area contributed by atoms with Crippen molar-refractivity contribution in [3.63, 3.8) is 0 Å². The van der Waals surface area contributed by atoms with Crippen LogP contribution in [0.3, 0.4) is 0 Å². The van der Waals surface area contributed by atoms with E-state index in [2.05, 4.69) is 0 Å². The number of carboxylic acid groups (broad SMARTS) is 1. The van der Waals surface area contributed by atoms with E-state index in [1.807, 2.05) is 19.1 Å². The first-order valence-electron chi connectivity index (χ1n) is 6.11. The zero-order chi connectivity index (χ0) is 14.7. The summed E-state index contributed by atoms with van der Waals surface area (Å²) in [4.78, 5) is 10.8. The largest absolute Gasteiger partial charge is 0.478 e. The lowest BCUT2D eigenvalue weighted by molar-refractivity contribution is 0.0692. The summed E-state index contributed by atoms with van der Waals surface area (Å²) in [5, 5.41) is 8.82. The second-order valence-corrected chi connectivity index (χ2v) is 4.24. The molecule has 0 radical (unpaired) electrons. The molecule has 0 spiro atoms. The molecule has 0 aromatic heterocycles. The van der Waals surface area contributed by atoms with E-state index in [1.54, 1.807) is 12.1 Å². The van der Waals surface area contributed by atoms with Gasteiger partial charge in [-0.3, -0.25) is 0 Å². The van der Waals surface area contributed by atoms with E-state index in [9.17, 15) is 9.18 Å². The fourth-order valence-electron chi connectivity index (χ4n) is 1.84. The summed E-state index contributed by atoms with van der Waals surface area (Å²) in [6.07, 6.45) is 0.756. The van der Waals surface area contributed by atoms with Gasteiger partial charge in [-0.05, 0) is 24.1 Å². The van der Waals surface area contributed by atoms with Gasteiger partial charge in [0.2, 0.25) is 0 Å². The molecule has 0 bridgehead atoms. The highest BCUT2D eigenvalue weighted by molar-refractivity contribution is 5.89. The van der Waals surface area contributed by atoms with E-state index < -0.39 is 17.3 Å². The first-order valence-corrected chi connectivity index (χ1v) is 6.11. The number of rotatable bonds is 4. The van der Waals surface area contributed by atoms with Gasteiger partial charge in [0, 0.05) is 6.07 Å². The minimum Gasteiger partial charge on any atom is -0.478 e. The third kappa shape index (κ3) is 2.71. The molecule has 5 heteroatoms. The summed E-state index contributed by atoms with van der Waals surface area (Å²) < 4.78 is 19.2. The summed E-state index contributed by atoms with van der Waals surface area (Å²) in [7, 11) is 0. The van der Waals surface area contributed by atoms with Crippen LogP contribution >= 0.6 is 0 Å². The predicted octanol–water partition coefficient (Wildman–Crippen LogP) is 3.46. The highest BCUT2D eigenvalue weighted by atomic mass is 19.1. The van der Waals surface area contributed by atoms with Crippen LogP contribution < -0.4 is 10.5 Å². The highest BCUT2D eigenvalue weighted by Crippen LogP contribution is 2.32. The lowest BCUT2D eigenvalue weighted by Gasteiger charge is -2.12. The van der Waals surface area contributed by atoms with E-state index in [0.29, 0.717) is 5.75 Å². The molecule has 2 rings (SSSR count).